The van der Waals surface area contributed by atoms with E-state index in [9.17, 15) is 0 Å². The molecule has 0 fully saturated rings. The van der Waals surface area contributed by atoms with Crippen LogP contribution in [-0.2, 0) is 0 Å². The summed E-state index contributed by atoms with van der Waals surface area (Å²) in [5, 5.41) is 11.2. The highest BCUT2D eigenvalue weighted by molar-refractivity contribution is 5.88. The minimum atomic E-state index is -0.723. The molecule has 0 saturated carbocycles. The molecule has 0 saturated heterocycles. The van der Waals surface area contributed by atoms with Crippen LogP contribution in [0, 0.1) is 11.3 Å². The molecule has 0 aliphatic carbocycles. The first-order valence-corrected chi connectivity index (χ1v) is 6.93. The Morgan fingerprint density at radius 2 is 1.90 bits per heavy atom. The van der Waals surface area contributed by atoms with Crippen molar-refractivity contribution in [3.8, 4) is 11.8 Å². The van der Waals surface area contributed by atoms with Crippen molar-refractivity contribution in [2.75, 3.05) is 6.61 Å². The third-order valence-corrected chi connectivity index (χ3v) is 3.35. The molecule has 0 spiro atoms. The van der Waals surface area contributed by atoms with E-state index in [1.165, 1.54) is 5.39 Å². The van der Waals surface area contributed by atoms with Gasteiger partial charge >= 0.3 is 0 Å². The van der Waals surface area contributed by atoms with Crippen molar-refractivity contribution in [3.63, 3.8) is 0 Å². The second-order valence-corrected chi connectivity index (χ2v) is 5.31. The first kappa shape index (κ1) is 14.4. The molecule has 3 heteroatoms. The molecule has 20 heavy (non-hydrogen) atoms. The summed E-state index contributed by atoms with van der Waals surface area (Å²) in [5.41, 5.74) is 5.06. The molecule has 0 amide bonds. The molecule has 0 aromatic heterocycles. The lowest BCUT2D eigenvalue weighted by Crippen LogP contribution is -2.33. The second-order valence-electron chi connectivity index (χ2n) is 5.31. The van der Waals surface area contributed by atoms with E-state index in [-0.39, 0.29) is 0 Å². The van der Waals surface area contributed by atoms with Crippen LogP contribution < -0.4 is 10.5 Å². The highest BCUT2D eigenvalue weighted by Gasteiger charge is 2.15. The minimum Gasteiger partial charge on any atom is -0.493 e. The number of rotatable bonds is 6. The van der Waals surface area contributed by atoms with Crippen LogP contribution in [0.5, 0.6) is 5.75 Å². The van der Waals surface area contributed by atoms with Gasteiger partial charge < -0.3 is 10.5 Å². The van der Waals surface area contributed by atoms with Gasteiger partial charge in [-0.15, -0.1) is 0 Å². The fourth-order valence-corrected chi connectivity index (χ4v) is 2.15. The van der Waals surface area contributed by atoms with Gasteiger partial charge in [-0.2, -0.15) is 5.26 Å². The summed E-state index contributed by atoms with van der Waals surface area (Å²) in [6.45, 7) is 2.41. The summed E-state index contributed by atoms with van der Waals surface area (Å²) in [5.74, 6) is 0.916. The van der Waals surface area contributed by atoms with Gasteiger partial charge in [-0.1, -0.05) is 36.4 Å². The number of nitrogens with two attached hydrogens (primary N) is 1. The van der Waals surface area contributed by atoms with Gasteiger partial charge in [-0.3, -0.25) is 0 Å². The quantitative estimate of drug-likeness (QED) is 0.814. The van der Waals surface area contributed by atoms with Crippen LogP contribution in [0.4, 0.5) is 0 Å². The first-order chi connectivity index (χ1) is 9.62. The fourth-order valence-electron chi connectivity index (χ4n) is 2.15. The van der Waals surface area contributed by atoms with Crippen molar-refractivity contribution in [1.29, 1.82) is 5.26 Å². The predicted molar refractivity (Wildman–Crippen MR) is 81.5 cm³/mol. The number of hydrogen-bond donors (Lipinski definition) is 1. The lowest BCUT2D eigenvalue weighted by molar-refractivity contribution is 0.304. The Hall–Kier alpha value is -2.05. The van der Waals surface area contributed by atoms with Crippen LogP contribution >= 0.6 is 0 Å². The molecule has 2 N–H and O–H groups in total. The average molecular weight is 268 g/mol. The summed E-state index contributed by atoms with van der Waals surface area (Å²) in [6, 6.07) is 16.4. The summed E-state index contributed by atoms with van der Waals surface area (Å²) in [7, 11) is 0. The summed E-state index contributed by atoms with van der Waals surface area (Å²) in [4.78, 5) is 0. The normalized spacial score (nSPS) is 13.7. The third kappa shape index (κ3) is 3.72. The summed E-state index contributed by atoms with van der Waals surface area (Å²) in [6.07, 6.45) is 2.49. The Bertz CT molecular complexity index is 608. The van der Waals surface area contributed by atoms with E-state index >= 15 is 0 Å². The Kier molecular flexibility index (Phi) is 4.60. The molecule has 0 aliphatic heterocycles. The topological polar surface area (TPSA) is 59.0 Å². The first-order valence-electron chi connectivity index (χ1n) is 6.93. The second kappa shape index (κ2) is 6.40. The smallest absolute Gasteiger partial charge is 0.127 e. The van der Waals surface area contributed by atoms with Crippen LogP contribution in [0.15, 0.2) is 42.5 Å². The molecule has 2 aromatic rings. The van der Waals surface area contributed by atoms with E-state index in [0.29, 0.717) is 13.0 Å². The van der Waals surface area contributed by atoms with E-state index in [2.05, 4.69) is 24.3 Å². The van der Waals surface area contributed by atoms with Crippen LogP contribution in [0.2, 0.25) is 0 Å². The molecule has 1 unspecified atom stereocenters. The molecule has 1 atom stereocenters. The number of unbranched alkanes of at least 4 members (excludes halogenated alkanes) is 1. The predicted octanol–water partition coefficient (Wildman–Crippen LogP) is 3.63. The maximum absolute atomic E-state index is 8.84. The lowest BCUT2D eigenvalue weighted by Gasteiger charge is -2.15. The maximum atomic E-state index is 8.84. The van der Waals surface area contributed by atoms with Gasteiger partial charge in [-0.05, 0) is 37.6 Å². The molecule has 0 heterocycles. The molecule has 0 radical (unpaired) electrons. The van der Waals surface area contributed by atoms with Gasteiger partial charge in [0.2, 0.25) is 0 Å². The zero-order valence-electron chi connectivity index (χ0n) is 11.8. The average Bonchev–Trinajstić information content (AvgIpc) is 2.47. The van der Waals surface area contributed by atoms with Gasteiger partial charge in [0, 0.05) is 5.39 Å². The van der Waals surface area contributed by atoms with Crippen LogP contribution in [0.3, 0.4) is 0 Å². The van der Waals surface area contributed by atoms with Crippen LogP contribution in [0.25, 0.3) is 10.8 Å². The molecular weight excluding hydrogens is 248 g/mol. The van der Waals surface area contributed by atoms with E-state index in [1.807, 2.05) is 24.3 Å². The van der Waals surface area contributed by atoms with E-state index in [4.69, 9.17) is 15.7 Å². The SMILES string of the molecule is CC(N)(C#N)CCCCOc1cccc2ccccc12. The summed E-state index contributed by atoms with van der Waals surface area (Å²) >= 11 is 0. The van der Waals surface area contributed by atoms with E-state index < -0.39 is 5.54 Å². The molecular formula is C17H20N2O. The minimum absolute atomic E-state index is 0.648. The Morgan fingerprint density at radius 1 is 1.15 bits per heavy atom. The van der Waals surface area contributed by atoms with E-state index in [0.717, 1.165) is 24.0 Å². The summed E-state index contributed by atoms with van der Waals surface area (Å²) < 4.78 is 5.84. The number of benzene rings is 2. The number of hydrogen-bond acceptors (Lipinski definition) is 3. The number of nitriles is 1. The van der Waals surface area contributed by atoms with Gasteiger partial charge in [0.1, 0.15) is 11.3 Å². The zero-order chi connectivity index (χ0) is 14.4. The van der Waals surface area contributed by atoms with Crippen LogP contribution in [-0.4, -0.2) is 12.1 Å². The van der Waals surface area contributed by atoms with Crippen molar-refractivity contribution in [2.24, 2.45) is 5.73 Å². The molecule has 2 aromatic carbocycles. The monoisotopic (exact) mass is 268 g/mol. The number of fused-ring (bicyclic) bond motifs is 1. The highest BCUT2D eigenvalue weighted by Crippen LogP contribution is 2.25. The van der Waals surface area contributed by atoms with Crippen molar-refractivity contribution in [1.82, 2.24) is 0 Å². The third-order valence-electron chi connectivity index (χ3n) is 3.35. The molecule has 0 bridgehead atoms. The number of nitrogens with zero attached hydrogens (tertiary/aromatic N) is 1. The lowest BCUT2D eigenvalue weighted by atomic mass is 9.98. The Balaban J connectivity index is 1.86. The Morgan fingerprint density at radius 3 is 2.70 bits per heavy atom. The molecule has 104 valence electrons. The highest BCUT2D eigenvalue weighted by atomic mass is 16.5. The van der Waals surface area contributed by atoms with Gasteiger partial charge in [0.15, 0.2) is 0 Å². The fraction of sp³-hybridized carbons (Fsp3) is 0.353. The van der Waals surface area contributed by atoms with Crippen molar-refractivity contribution < 1.29 is 4.74 Å². The standard InChI is InChI=1S/C17H20N2O/c1-17(19,13-18)11-4-5-12-20-16-10-6-8-14-7-2-3-9-15(14)16/h2-3,6-10H,4-5,11-12,19H2,1H3. The van der Waals surface area contributed by atoms with Crippen molar-refractivity contribution in [3.05, 3.63) is 42.5 Å². The maximum Gasteiger partial charge on any atom is 0.127 e. The van der Waals surface area contributed by atoms with Crippen molar-refractivity contribution in [2.45, 2.75) is 31.7 Å². The van der Waals surface area contributed by atoms with Gasteiger partial charge in [0.05, 0.1) is 12.7 Å². The van der Waals surface area contributed by atoms with E-state index in [1.54, 1.807) is 6.92 Å². The molecule has 2 rings (SSSR count). The number of ether oxygens (including phenoxy) is 1. The van der Waals surface area contributed by atoms with Crippen molar-refractivity contribution >= 4 is 10.8 Å². The molecule has 0 aliphatic rings. The Labute approximate surface area is 120 Å². The van der Waals surface area contributed by atoms with Gasteiger partial charge in [-0.25, -0.2) is 0 Å². The van der Waals surface area contributed by atoms with Crippen LogP contribution in [0.1, 0.15) is 26.2 Å². The van der Waals surface area contributed by atoms with Gasteiger partial charge in [0.25, 0.3) is 0 Å². The largest absolute Gasteiger partial charge is 0.493 e. The zero-order valence-corrected chi connectivity index (χ0v) is 11.8. The molecule has 3 nitrogen and oxygen atoms in total.